The fourth-order valence-corrected chi connectivity index (χ4v) is 0.922. The Hall–Kier alpha value is -1.30. The van der Waals surface area contributed by atoms with Crippen LogP contribution in [0.3, 0.4) is 0 Å². The summed E-state index contributed by atoms with van der Waals surface area (Å²) in [6.45, 7) is 4.13. The van der Waals surface area contributed by atoms with E-state index in [1.165, 1.54) is 0 Å². The smallest absolute Gasteiger partial charge is 0.326 e. The number of nitrogens with one attached hydrogen (secondary N) is 2. The van der Waals surface area contributed by atoms with E-state index in [0.717, 1.165) is 4.57 Å². The molecule has 1 aromatic rings. The largest absolute Gasteiger partial charge is 0.344 e. The van der Waals surface area contributed by atoms with Crippen molar-refractivity contribution in [2.24, 2.45) is 11.7 Å². The highest BCUT2D eigenvalue weighted by Crippen LogP contribution is 1.98. The van der Waals surface area contributed by atoms with Gasteiger partial charge in [0, 0.05) is 12.6 Å². The Bertz CT molecular complexity index is 345. The molecule has 1 rings (SSSR count). The average Bonchev–Trinajstić information content (AvgIpc) is 2.35. The van der Waals surface area contributed by atoms with Crippen molar-refractivity contribution >= 4 is 0 Å². The first-order chi connectivity index (χ1) is 6.02. The predicted molar refractivity (Wildman–Crippen MR) is 48.5 cm³/mol. The molecule has 0 aromatic carbocycles. The number of hydrogen-bond donors (Lipinski definition) is 3. The topological polar surface area (TPSA) is 96.7 Å². The summed E-state index contributed by atoms with van der Waals surface area (Å²) in [6, 6.07) is -0.186. The molecule has 1 aromatic heterocycles. The summed E-state index contributed by atoms with van der Waals surface area (Å²) in [5, 5.41) is 4.39. The van der Waals surface area contributed by atoms with Crippen molar-refractivity contribution in [3.05, 3.63) is 21.0 Å². The Labute approximate surface area is 74.7 Å². The SMILES string of the molecule is CC(C)C(N)Cn1c(=O)[nH][nH]c1=O. The molecule has 1 unspecified atom stereocenters. The number of H-pyrrole nitrogens is 2. The zero-order valence-corrected chi connectivity index (χ0v) is 7.70. The highest BCUT2D eigenvalue weighted by Gasteiger charge is 2.11. The first kappa shape index (κ1) is 9.79. The summed E-state index contributed by atoms with van der Waals surface area (Å²) >= 11 is 0. The molecule has 4 N–H and O–H groups in total. The lowest BCUT2D eigenvalue weighted by Gasteiger charge is -2.14. The van der Waals surface area contributed by atoms with Crippen LogP contribution in [0.1, 0.15) is 13.8 Å². The fourth-order valence-electron chi connectivity index (χ4n) is 0.922. The van der Waals surface area contributed by atoms with Crippen molar-refractivity contribution in [3.63, 3.8) is 0 Å². The van der Waals surface area contributed by atoms with E-state index in [9.17, 15) is 9.59 Å². The number of nitrogens with two attached hydrogens (primary N) is 1. The minimum Gasteiger partial charge on any atom is -0.326 e. The van der Waals surface area contributed by atoms with Crippen LogP contribution in [0.2, 0.25) is 0 Å². The van der Waals surface area contributed by atoms with Gasteiger partial charge in [-0.3, -0.25) is 0 Å². The molecule has 6 nitrogen and oxygen atoms in total. The van der Waals surface area contributed by atoms with Gasteiger partial charge in [0.2, 0.25) is 0 Å². The molecule has 13 heavy (non-hydrogen) atoms. The minimum atomic E-state index is -0.443. The van der Waals surface area contributed by atoms with Crippen molar-refractivity contribution in [2.45, 2.75) is 26.4 Å². The van der Waals surface area contributed by atoms with Gasteiger partial charge in [0.15, 0.2) is 0 Å². The Morgan fingerprint density at radius 1 is 1.31 bits per heavy atom. The highest BCUT2D eigenvalue weighted by molar-refractivity contribution is 4.72. The quantitative estimate of drug-likeness (QED) is 0.556. The molecule has 1 heterocycles. The van der Waals surface area contributed by atoms with Gasteiger partial charge in [0.1, 0.15) is 0 Å². The molecule has 0 saturated heterocycles. The number of nitrogens with zero attached hydrogens (tertiary/aromatic N) is 1. The highest BCUT2D eigenvalue weighted by atomic mass is 16.2. The summed E-state index contributed by atoms with van der Waals surface area (Å²) in [5.41, 5.74) is 4.83. The summed E-state index contributed by atoms with van der Waals surface area (Å²) < 4.78 is 1.06. The monoisotopic (exact) mass is 186 g/mol. The maximum atomic E-state index is 11.0. The van der Waals surface area contributed by atoms with E-state index < -0.39 is 11.4 Å². The number of rotatable bonds is 3. The molecule has 0 aliphatic heterocycles. The van der Waals surface area contributed by atoms with E-state index in [1.807, 2.05) is 13.8 Å². The average molecular weight is 186 g/mol. The van der Waals surface area contributed by atoms with Gasteiger partial charge < -0.3 is 5.73 Å². The van der Waals surface area contributed by atoms with Gasteiger partial charge in [-0.25, -0.2) is 24.4 Å². The summed E-state index contributed by atoms with van der Waals surface area (Å²) in [6.07, 6.45) is 0. The molecule has 0 aliphatic carbocycles. The Kier molecular flexibility index (Phi) is 2.72. The summed E-state index contributed by atoms with van der Waals surface area (Å²) in [4.78, 5) is 22.0. The van der Waals surface area contributed by atoms with Crippen molar-refractivity contribution in [3.8, 4) is 0 Å². The van der Waals surface area contributed by atoms with E-state index in [1.54, 1.807) is 0 Å². The molecule has 0 bridgehead atoms. The third kappa shape index (κ3) is 2.09. The Morgan fingerprint density at radius 2 is 1.77 bits per heavy atom. The molecule has 1 atom stereocenters. The molecular formula is C7H14N4O2. The second-order valence-corrected chi connectivity index (χ2v) is 3.38. The van der Waals surface area contributed by atoms with Crippen LogP contribution in [0.25, 0.3) is 0 Å². The van der Waals surface area contributed by atoms with Crippen LogP contribution >= 0.6 is 0 Å². The molecular weight excluding hydrogens is 172 g/mol. The molecule has 0 radical (unpaired) electrons. The number of aromatic nitrogens is 3. The summed E-state index contributed by atoms with van der Waals surface area (Å²) in [5.74, 6) is 0.237. The molecule has 0 aliphatic rings. The van der Waals surface area contributed by atoms with Crippen LogP contribution < -0.4 is 17.1 Å². The minimum absolute atomic E-state index is 0.186. The standard InChI is InChI=1S/C7H14N4O2/c1-4(2)5(8)3-11-6(12)9-10-7(11)13/h4-5H,3,8H2,1-2H3,(H,9,12)(H,10,13). The lowest BCUT2D eigenvalue weighted by atomic mass is 10.1. The lowest BCUT2D eigenvalue weighted by Crippen LogP contribution is -2.38. The lowest BCUT2D eigenvalue weighted by molar-refractivity contribution is 0.423. The van der Waals surface area contributed by atoms with Gasteiger partial charge in [0.05, 0.1) is 0 Å². The van der Waals surface area contributed by atoms with Gasteiger partial charge >= 0.3 is 11.4 Å². The number of aromatic amines is 2. The second kappa shape index (κ2) is 3.61. The van der Waals surface area contributed by atoms with Gasteiger partial charge in [-0.05, 0) is 5.92 Å². The van der Waals surface area contributed by atoms with E-state index in [2.05, 4.69) is 10.2 Å². The molecule has 0 amide bonds. The maximum Gasteiger partial charge on any atom is 0.344 e. The maximum absolute atomic E-state index is 11.0. The molecule has 74 valence electrons. The first-order valence-corrected chi connectivity index (χ1v) is 4.15. The van der Waals surface area contributed by atoms with Crippen molar-refractivity contribution in [1.82, 2.24) is 14.8 Å². The second-order valence-electron chi connectivity index (χ2n) is 3.38. The van der Waals surface area contributed by atoms with E-state index in [4.69, 9.17) is 5.73 Å². The third-order valence-electron chi connectivity index (χ3n) is 2.02. The normalized spacial score (nSPS) is 13.5. The Morgan fingerprint density at radius 3 is 2.15 bits per heavy atom. The molecule has 0 spiro atoms. The van der Waals surface area contributed by atoms with Crippen molar-refractivity contribution < 1.29 is 0 Å². The van der Waals surface area contributed by atoms with Crippen LogP contribution in [0.5, 0.6) is 0 Å². The van der Waals surface area contributed by atoms with Gasteiger partial charge in [-0.15, -0.1) is 0 Å². The molecule has 0 saturated carbocycles. The van der Waals surface area contributed by atoms with Crippen LogP contribution in [-0.2, 0) is 6.54 Å². The van der Waals surface area contributed by atoms with Crippen LogP contribution in [-0.4, -0.2) is 20.8 Å². The first-order valence-electron chi connectivity index (χ1n) is 4.15. The van der Waals surface area contributed by atoms with Crippen LogP contribution in [0.15, 0.2) is 9.59 Å². The van der Waals surface area contributed by atoms with Gasteiger partial charge in [-0.1, -0.05) is 13.8 Å². The van der Waals surface area contributed by atoms with Crippen molar-refractivity contribution in [1.29, 1.82) is 0 Å². The van der Waals surface area contributed by atoms with Crippen LogP contribution in [0, 0.1) is 5.92 Å². The zero-order chi connectivity index (χ0) is 10.0. The van der Waals surface area contributed by atoms with E-state index in [0.29, 0.717) is 0 Å². The van der Waals surface area contributed by atoms with E-state index >= 15 is 0 Å². The van der Waals surface area contributed by atoms with Crippen molar-refractivity contribution in [2.75, 3.05) is 0 Å². The number of hydrogen-bond acceptors (Lipinski definition) is 3. The Balaban J connectivity index is 2.86. The van der Waals surface area contributed by atoms with Gasteiger partial charge in [-0.2, -0.15) is 0 Å². The van der Waals surface area contributed by atoms with Crippen LogP contribution in [0.4, 0.5) is 0 Å². The van der Waals surface area contributed by atoms with Gasteiger partial charge in [0.25, 0.3) is 0 Å². The predicted octanol–water partition coefficient (Wildman–Crippen LogP) is -1.15. The molecule has 6 heteroatoms. The molecule has 0 fully saturated rings. The zero-order valence-electron chi connectivity index (χ0n) is 7.70. The fraction of sp³-hybridized carbons (Fsp3) is 0.714. The summed E-state index contributed by atoms with van der Waals surface area (Å²) in [7, 11) is 0. The third-order valence-corrected chi connectivity index (χ3v) is 2.02. The van der Waals surface area contributed by atoms with E-state index in [-0.39, 0.29) is 18.5 Å².